The lowest BCUT2D eigenvalue weighted by molar-refractivity contribution is -0.139. The highest BCUT2D eigenvalue weighted by Gasteiger charge is 2.36. The van der Waals surface area contributed by atoms with Crippen LogP contribution in [0.4, 0.5) is 13.2 Å². The van der Waals surface area contributed by atoms with Crippen molar-refractivity contribution in [1.82, 2.24) is 9.62 Å². The number of hydrogen-bond donors (Lipinski definition) is 1. The molecule has 6 nitrogen and oxygen atoms in total. The van der Waals surface area contributed by atoms with Crippen LogP contribution in [0.1, 0.15) is 36.0 Å². The summed E-state index contributed by atoms with van der Waals surface area (Å²) in [5, 5.41) is 0. The third-order valence-corrected chi connectivity index (χ3v) is 6.15. The van der Waals surface area contributed by atoms with Gasteiger partial charge in [-0.3, -0.25) is 14.4 Å². The first-order valence-electron chi connectivity index (χ1n) is 11.1. The first-order valence-corrected chi connectivity index (χ1v) is 13.0. The van der Waals surface area contributed by atoms with Crippen LogP contribution in [0.3, 0.4) is 0 Å². The normalized spacial score (nSPS) is 15.1. The molecule has 2 aromatic rings. The van der Waals surface area contributed by atoms with Gasteiger partial charge in [-0.25, -0.2) is 8.42 Å². The number of carbonyl (C=O) groups is 1. The van der Waals surface area contributed by atoms with E-state index < -0.39 is 33.6 Å². The highest BCUT2D eigenvalue weighted by atomic mass is 32.2. The maximum Gasteiger partial charge on any atom is 0.419 e. The number of sulfonamides is 1. The number of halogens is 3. The lowest BCUT2D eigenvalue weighted by Gasteiger charge is -2.38. The molecule has 0 spiro atoms. The lowest BCUT2D eigenvalue weighted by Crippen LogP contribution is -2.53. The molecule has 1 aliphatic rings. The molecule has 0 aromatic heterocycles. The van der Waals surface area contributed by atoms with Gasteiger partial charge in [0.1, 0.15) is 5.75 Å². The third kappa shape index (κ3) is 8.02. The van der Waals surface area contributed by atoms with E-state index in [0.29, 0.717) is 12.0 Å². The van der Waals surface area contributed by atoms with Crippen molar-refractivity contribution in [3.05, 3.63) is 65.2 Å². The maximum atomic E-state index is 13.6. The monoisotopic (exact) mass is 498 g/mol. The number of unbranched alkanes of at least 4 members (excludes halogenated alkanes) is 2. The second kappa shape index (κ2) is 11.2. The minimum atomic E-state index is -4.55. The summed E-state index contributed by atoms with van der Waals surface area (Å²) < 4.78 is 70.5. The van der Waals surface area contributed by atoms with Crippen molar-refractivity contribution < 1.29 is 31.1 Å². The Kier molecular flexibility index (Phi) is 8.59. The number of likely N-dealkylation sites (tertiary alicyclic amines) is 1. The van der Waals surface area contributed by atoms with Crippen molar-refractivity contribution in [3.63, 3.8) is 0 Å². The molecule has 2 aromatic carbocycles. The van der Waals surface area contributed by atoms with E-state index in [4.69, 9.17) is 4.74 Å². The number of nitrogens with zero attached hydrogens (tertiary/aromatic N) is 1. The first-order chi connectivity index (χ1) is 16.0. The predicted octanol–water partition coefficient (Wildman–Crippen LogP) is 4.00. The van der Waals surface area contributed by atoms with E-state index in [0.717, 1.165) is 31.6 Å². The zero-order valence-corrected chi connectivity index (χ0v) is 19.8. The summed E-state index contributed by atoms with van der Waals surface area (Å²) in [4.78, 5) is 13.6. The van der Waals surface area contributed by atoms with E-state index in [-0.39, 0.29) is 32.0 Å². The Labute approximate surface area is 198 Å². The predicted molar refractivity (Wildman–Crippen MR) is 123 cm³/mol. The Balaban J connectivity index is 1.48. The smallest absolute Gasteiger partial charge is 0.419 e. The molecule has 1 N–H and O–H groups in total. The fraction of sp³-hybridized carbons (Fsp3) is 0.458. The van der Waals surface area contributed by atoms with Crippen molar-refractivity contribution in [1.29, 1.82) is 0 Å². The molecule has 186 valence electrons. The summed E-state index contributed by atoms with van der Waals surface area (Å²) in [5.41, 5.74) is 0.869. The standard InChI is InChI=1S/C24H29F3N2O4S/c1-34(31,32)28-23(30)20-16-29(17-20)15-19-11-12-22(21(14-19)24(25,26)27)33-13-7-3-6-10-18-8-4-2-5-9-18/h2,4-5,8-9,11-12,14,20H,3,6-7,10,13,15-17H2,1H3,(H,28,30). The summed E-state index contributed by atoms with van der Waals surface area (Å²) in [6, 6.07) is 14.0. The van der Waals surface area contributed by atoms with Gasteiger partial charge in [0.2, 0.25) is 15.9 Å². The summed E-state index contributed by atoms with van der Waals surface area (Å²) >= 11 is 0. The van der Waals surface area contributed by atoms with Crippen LogP contribution < -0.4 is 9.46 Å². The molecular weight excluding hydrogens is 469 g/mol. The number of aryl methyl sites for hydroxylation is 1. The van der Waals surface area contributed by atoms with Crippen molar-refractivity contribution in [3.8, 4) is 5.75 Å². The zero-order chi connectivity index (χ0) is 24.8. The van der Waals surface area contributed by atoms with Gasteiger partial charge in [0.05, 0.1) is 24.3 Å². The summed E-state index contributed by atoms with van der Waals surface area (Å²) in [7, 11) is -3.63. The van der Waals surface area contributed by atoms with Crippen LogP contribution in [0, 0.1) is 5.92 Å². The molecule has 0 aliphatic carbocycles. The van der Waals surface area contributed by atoms with E-state index in [1.165, 1.54) is 11.6 Å². The molecule has 1 aliphatic heterocycles. The largest absolute Gasteiger partial charge is 0.493 e. The molecule has 0 saturated carbocycles. The average molecular weight is 499 g/mol. The molecule has 1 heterocycles. The molecule has 10 heteroatoms. The second-order valence-corrected chi connectivity index (χ2v) is 10.4. The number of rotatable bonds is 11. The van der Waals surface area contributed by atoms with E-state index in [1.54, 1.807) is 11.0 Å². The van der Waals surface area contributed by atoms with Crippen molar-refractivity contribution in [2.75, 3.05) is 26.0 Å². The molecule has 0 atom stereocenters. The van der Waals surface area contributed by atoms with Gasteiger partial charge in [-0.1, -0.05) is 36.4 Å². The van der Waals surface area contributed by atoms with Gasteiger partial charge in [0.25, 0.3) is 0 Å². The minimum absolute atomic E-state index is 0.187. The number of benzene rings is 2. The molecule has 1 fully saturated rings. The highest BCUT2D eigenvalue weighted by Crippen LogP contribution is 2.37. The molecule has 34 heavy (non-hydrogen) atoms. The number of alkyl halides is 3. The van der Waals surface area contributed by atoms with Crippen LogP contribution in [-0.2, 0) is 34.0 Å². The van der Waals surface area contributed by atoms with Gasteiger partial charge < -0.3 is 4.74 Å². The Hall–Kier alpha value is -2.59. The van der Waals surface area contributed by atoms with Crippen LogP contribution in [0.25, 0.3) is 0 Å². The minimum Gasteiger partial charge on any atom is -0.493 e. The fourth-order valence-corrected chi connectivity index (χ4v) is 4.38. The zero-order valence-electron chi connectivity index (χ0n) is 19.0. The maximum absolute atomic E-state index is 13.6. The van der Waals surface area contributed by atoms with Gasteiger partial charge in [0.15, 0.2) is 0 Å². The molecule has 0 radical (unpaired) electrons. The average Bonchev–Trinajstić information content (AvgIpc) is 2.72. The topological polar surface area (TPSA) is 75.7 Å². The first kappa shape index (κ1) is 26.0. The van der Waals surface area contributed by atoms with Gasteiger partial charge in [-0.15, -0.1) is 0 Å². The Morgan fingerprint density at radius 3 is 2.41 bits per heavy atom. The molecule has 0 unspecified atom stereocenters. The van der Waals surface area contributed by atoms with E-state index in [1.807, 2.05) is 22.9 Å². The van der Waals surface area contributed by atoms with Crippen LogP contribution >= 0.6 is 0 Å². The van der Waals surface area contributed by atoms with Gasteiger partial charge >= 0.3 is 6.18 Å². The molecule has 1 saturated heterocycles. The Bertz CT molecular complexity index is 1070. The van der Waals surface area contributed by atoms with Crippen molar-refractivity contribution in [2.24, 2.45) is 5.92 Å². The van der Waals surface area contributed by atoms with Crippen LogP contribution in [0.15, 0.2) is 48.5 Å². The quantitative estimate of drug-likeness (QED) is 0.474. The molecule has 3 rings (SSSR count). The molecular formula is C24H29F3N2O4S. The van der Waals surface area contributed by atoms with E-state index in [2.05, 4.69) is 12.1 Å². The van der Waals surface area contributed by atoms with Crippen LogP contribution in [-0.4, -0.2) is 45.2 Å². The van der Waals surface area contributed by atoms with Crippen molar-refractivity contribution in [2.45, 2.75) is 38.4 Å². The van der Waals surface area contributed by atoms with Gasteiger partial charge in [-0.2, -0.15) is 13.2 Å². The van der Waals surface area contributed by atoms with Crippen LogP contribution in [0.2, 0.25) is 0 Å². The second-order valence-electron chi connectivity index (χ2n) is 8.60. The number of ether oxygens (including phenoxy) is 1. The highest BCUT2D eigenvalue weighted by molar-refractivity contribution is 7.89. The summed E-state index contributed by atoms with van der Waals surface area (Å²) in [6.07, 6.45) is -0.262. The number of amides is 1. The third-order valence-electron chi connectivity index (χ3n) is 5.58. The lowest BCUT2D eigenvalue weighted by atomic mass is 9.98. The number of carbonyl (C=O) groups excluding carboxylic acids is 1. The Morgan fingerprint density at radius 1 is 1.06 bits per heavy atom. The molecule has 1 amide bonds. The summed E-state index contributed by atoms with van der Waals surface area (Å²) in [6.45, 7) is 1.000. The van der Waals surface area contributed by atoms with E-state index in [9.17, 15) is 26.4 Å². The Morgan fingerprint density at radius 2 is 1.76 bits per heavy atom. The van der Waals surface area contributed by atoms with E-state index >= 15 is 0 Å². The van der Waals surface area contributed by atoms with Crippen LogP contribution in [0.5, 0.6) is 5.75 Å². The number of nitrogens with one attached hydrogen (secondary N) is 1. The van der Waals surface area contributed by atoms with Crippen molar-refractivity contribution >= 4 is 15.9 Å². The number of hydrogen-bond acceptors (Lipinski definition) is 5. The SMILES string of the molecule is CS(=O)(=O)NC(=O)C1CN(Cc2ccc(OCCCCCc3ccccc3)c(C(F)(F)F)c2)C1. The van der Waals surface area contributed by atoms with Gasteiger partial charge in [-0.05, 0) is 48.9 Å². The van der Waals surface area contributed by atoms with Gasteiger partial charge in [0, 0.05) is 19.6 Å². The summed E-state index contributed by atoms with van der Waals surface area (Å²) in [5.74, 6) is -1.28. The fourth-order valence-electron chi connectivity index (χ4n) is 3.85. The molecule has 0 bridgehead atoms.